The maximum Gasteiger partial charge on any atom is 0.229 e. The number of aromatic nitrogens is 2. The number of rotatable bonds is 6. The number of aliphatic hydroxyl groups is 1. The fourth-order valence-corrected chi connectivity index (χ4v) is 3.25. The van der Waals surface area contributed by atoms with Gasteiger partial charge in [-0.25, -0.2) is 4.39 Å². The Balaban J connectivity index is 1.77. The van der Waals surface area contributed by atoms with Crippen LogP contribution in [0.5, 0.6) is 0 Å². The number of amides is 2. The smallest absolute Gasteiger partial charge is 0.229 e. The zero-order valence-corrected chi connectivity index (χ0v) is 14.8. The molecule has 2 amide bonds. The number of anilines is 1. The van der Waals surface area contributed by atoms with Crippen LogP contribution in [0.25, 0.3) is 10.9 Å². The molecule has 26 heavy (non-hydrogen) atoms. The van der Waals surface area contributed by atoms with Crippen molar-refractivity contribution in [2.75, 3.05) is 18.1 Å². The summed E-state index contributed by atoms with van der Waals surface area (Å²) in [7, 11) is 0. The molecule has 1 aromatic heterocycles. The van der Waals surface area contributed by atoms with E-state index in [0.29, 0.717) is 5.52 Å². The normalized spacial score (nSPS) is 19.8. The van der Waals surface area contributed by atoms with E-state index in [0.717, 1.165) is 6.42 Å². The first kappa shape index (κ1) is 18.3. The lowest BCUT2D eigenvalue weighted by atomic mass is 9.98. The zero-order valence-electron chi connectivity index (χ0n) is 14.8. The van der Waals surface area contributed by atoms with Gasteiger partial charge in [0.05, 0.1) is 29.5 Å². The molecule has 140 valence electrons. The van der Waals surface area contributed by atoms with E-state index < -0.39 is 11.7 Å². The van der Waals surface area contributed by atoms with Crippen molar-refractivity contribution in [2.45, 2.75) is 32.7 Å². The van der Waals surface area contributed by atoms with E-state index in [9.17, 15) is 19.1 Å². The van der Waals surface area contributed by atoms with E-state index in [1.807, 2.05) is 13.8 Å². The van der Waals surface area contributed by atoms with Crippen LogP contribution in [0.2, 0.25) is 0 Å². The van der Waals surface area contributed by atoms with Crippen LogP contribution in [0.1, 0.15) is 26.7 Å². The molecule has 1 aliphatic heterocycles. The largest absolute Gasteiger partial charge is 0.394 e. The summed E-state index contributed by atoms with van der Waals surface area (Å²) in [5.41, 5.74) is 0.498. The number of hydrogen-bond acceptors (Lipinski definition) is 4. The van der Waals surface area contributed by atoms with Crippen molar-refractivity contribution >= 4 is 28.5 Å². The Hall–Kier alpha value is -2.48. The van der Waals surface area contributed by atoms with Crippen LogP contribution in [-0.2, 0) is 9.59 Å². The minimum Gasteiger partial charge on any atom is -0.394 e. The average molecular weight is 362 g/mol. The number of hydrogen-bond donors (Lipinski definition) is 3. The van der Waals surface area contributed by atoms with Gasteiger partial charge in [0.15, 0.2) is 5.82 Å². The van der Waals surface area contributed by atoms with Gasteiger partial charge >= 0.3 is 0 Å². The molecule has 0 aliphatic carbocycles. The number of aromatic amines is 1. The van der Waals surface area contributed by atoms with E-state index in [-0.39, 0.29) is 54.6 Å². The molecule has 1 fully saturated rings. The molecule has 0 unspecified atom stereocenters. The Bertz CT molecular complexity index is 822. The summed E-state index contributed by atoms with van der Waals surface area (Å²) in [4.78, 5) is 26.3. The average Bonchev–Trinajstić information content (AvgIpc) is 3.23. The minimum absolute atomic E-state index is 0.0350. The molecule has 3 N–H and O–H groups in total. The van der Waals surface area contributed by atoms with E-state index in [1.165, 1.54) is 11.0 Å². The summed E-state index contributed by atoms with van der Waals surface area (Å²) < 4.78 is 14.2. The van der Waals surface area contributed by atoms with Gasteiger partial charge in [-0.15, -0.1) is 0 Å². The minimum atomic E-state index is -0.556. The highest BCUT2D eigenvalue weighted by Crippen LogP contribution is 2.31. The van der Waals surface area contributed by atoms with Gasteiger partial charge < -0.3 is 10.4 Å². The van der Waals surface area contributed by atoms with Crippen molar-refractivity contribution in [3.63, 3.8) is 0 Å². The number of nitrogens with one attached hydrogen (secondary N) is 2. The first-order valence-corrected chi connectivity index (χ1v) is 8.80. The maximum atomic E-state index is 14.2. The molecule has 0 bridgehead atoms. The quantitative estimate of drug-likeness (QED) is 0.727. The summed E-state index contributed by atoms with van der Waals surface area (Å²) in [6.45, 7) is 3.92. The van der Waals surface area contributed by atoms with Gasteiger partial charge in [-0.2, -0.15) is 5.10 Å². The van der Waals surface area contributed by atoms with Crippen LogP contribution >= 0.6 is 0 Å². The van der Waals surface area contributed by atoms with Gasteiger partial charge in [-0.05, 0) is 18.1 Å². The Morgan fingerprint density at radius 3 is 3.00 bits per heavy atom. The molecule has 1 saturated heterocycles. The molecule has 8 heteroatoms. The van der Waals surface area contributed by atoms with Crippen molar-refractivity contribution in [3.05, 3.63) is 24.0 Å². The first-order valence-electron chi connectivity index (χ1n) is 8.80. The van der Waals surface area contributed by atoms with E-state index in [1.54, 1.807) is 12.1 Å². The molecule has 3 atom stereocenters. The number of H-pyrrole nitrogens is 1. The number of benzene rings is 1. The SMILES string of the molecule is CC[C@H](C)[C@@H](CO)NC(=O)[C@@H]1CC(=O)N(c2n[nH]c3cccc(F)c23)C1. The molecular formula is C18H23FN4O3. The van der Waals surface area contributed by atoms with Crippen LogP contribution in [0.15, 0.2) is 18.2 Å². The Kier molecular flexibility index (Phi) is 5.22. The van der Waals surface area contributed by atoms with Crippen molar-refractivity contribution in [1.82, 2.24) is 15.5 Å². The molecule has 2 heterocycles. The number of carbonyl (C=O) groups excluding carboxylic acids is 2. The second-order valence-electron chi connectivity index (χ2n) is 6.80. The third-order valence-corrected chi connectivity index (χ3v) is 5.13. The molecule has 1 aromatic carbocycles. The number of halogens is 1. The third-order valence-electron chi connectivity index (χ3n) is 5.13. The lowest BCUT2D eigenvalue weighted by Gasteiger charge is -2.23. The van der Waals surface area contributed by atoms with Crippen LogP contribution in [0, 0.1) is 17.7 Å². The highest BCUT2D eigenvalue weighted by atomic mass is 19.1. The molecule has 0 spiro atoms. The Morgan fingerprint density at radius 2 is 2.31 bits per heavy atom. The second kappa shape index (κ2) is 7.41. The topological polar surface area (TPSA) is 98.3 Å². The summed E-state index contributed by atoms with van der Waals surface area (Å²) in [5, 5.41) is 19.3. The summed E-state index contributed by atoms with van der Waals surface area (Å²) in [5.74, 6) is -1.24. The third kappa shape index (κ3) is 3.29. The monoisotopic (exact) mass is 362 g/mol. The lowest BCUT2D eigenvalue weighted by Crippen LogP contribution is -2.45. The van der Waals surface area contributed by atoms with Gasteiger partial charge in [-0.3, -0.25) is 19.6 Å². The highest BCUT2D eigenvalue weighted by Gasteiger charge is 2.38. The molecule has 0 radical (unpaired) electrons. The van der Waals surface area contributed by atoms with E-state index >= 15 is 0 Å². The molecule has 1 aliphatic rings. The summed E-state index contributed by atoms with van der Waals surface area (Å²) >= 11 is 0. The van der Waals surface area contributed by atoms with Crippen molar-refractivity contribution < 1.29 is 19.1 Å². The number of fused-ring (bicyclic) bond motifs is 1. The number of nitrogens with zero attached hydrogens (tertiary/aromatic N) is 2. The fourth-order valence-electron chi connectivity index (χ4n) is 3.25. The zero-order chi connectivity index (χ0) is 18.8. The summed E-state index contributed by atoms with van der Waals surface area (Å²) in [6.07, 6.45) is 0.854. The molecule has 2 aromatic rings. The standard InChI is InChI=1S/C18H23FN4O3/c1-3-10(2)14(9-24)20-18(26)11-7-15(25)23(8-11)17-16-12(19)5-4-6-13(16)21-22-17/h4-6,10-11,14,24H,3,7-9H2,1-2H3,(H,20,26)(H,21,22)/t10-,11+,14+/m0/s1. The maximum absolute atomic E-state index is 14.2. The van der Waals surface area contributed by atoms with Crippen LogP contribution < -0.4 is 10.2 Å². The van der Waals surface area contributed by atoms with Gasteiger partial charge in [0, 0.05) is 13.0 Å². The van der Waals surface area contributed by atoms with Gasteiger partial charge in [0.25, 0.3) is 0 Å². The molecule has 0 saturated carbocycles. The van der Waals surface area contributed by atoms with Gasteiger partial charge in [-0.1, -0.05) is 26.3 Å². The van der Waals surface area contributed by atoms with E-state index in [4.69, 9.17) is 0 Å². The van der Waals surface area contributed by atoms with Crippen molar-refractivity contribution in [1.29, 1.82) is 0 Å². The fraction of sp³-hybridized carbons (Fsp3) is 0.500. The van der Waals surface area contributed by atoms with Crippen LogP contribution in [0.3, 0.4) is 0 Å². The lowest BCUT2D eigenvalue weighted by molar-refractivity contribution is -0.127. The highest BCUT2D eigenvalue weighted by molar-refractivity contribution is 6.05. The number of carbonyl (C=O) groups is 2. The predicted molar refractivity (Wildman–Crippen MR) is 95.0 cm³/mol. The first-order chi connectivity index (χ1) is 12.5. The van der Waals surface area contributed by atoms with Crippen LogP contribution in [-0.4, -0.2) is 46.3 Å². The van der Waals surface area contributed by atoms with E-state index in [2.05, 4.69) is 15.5 Å². The molecule has 7 nitrogen and oxygen atoms in total. The van der Waals surface area contributed by atoms with Crippen molar-refractivity contribution in [2.24, 2.45) is 11.8 Å². The second-order valence-corrected chi connectivity index (χ2v) is 6.80. The predicted octanol–water partition coefficient (Wildman–Crippen LogP) is 1.58. The van der Waals surface area contributed by atoms with Gasteiger partial charge in [0.2, 0.25) is 11.8 Å². The molecular weight excluding hydrogens is 339 g/mol. The van der Waals surface area contributed by atoms with Crippen molar-refractivity contribution in [3.8, 4) is 0 Å². The Labute approximate surface area is 150 Å². The molecule has 3 rings (SSSR count). The number of aliphatic hydroxyl groups excluding tert-OH is 1. The summed E-state index contributed by atoms with van der Waals surface area (Å²) in [6, 6.07) is 4.20. The Morgan fingerprint density at radius 1 is 1.54 bits per heavy atom. The van der Waals surface area contributed by atoms with Gasteiger partial charge in [0.1, 0.15) is 5.82 Å². The van der Waals surface area contributed by atoms with Crippen LogP contribution in [0.4, 0.5) is 10.2 Å².